The first-order valence-electron chi connectivity index (χ1n) is 5.38. The summed E-state index contributed by atoms with van der Waals surface area (Å²) in [4.78, 5) is 11.2. The van der Waals surface area contributed by atoms with Crippen molar-refractivity contribution in [3.63, 3.8) is 0 Å². The smallest absolute Gasteiger partial charge is 0.314 e. The monoisotopic (exact) mass is 184 g/mol. The Morgan fingerprint density at radius 3 is 2.69 bits per heavy atom. The Labute approximate surface area is 80.7 Å². The molecule has 0 aromatic carbocycles. The van der Waals surface area contributed by atoms with Crippen LogP contribution in [-0.4, -0.2) is 12.1 Å². The summed E-state index contributed by atoms with van der Waals surface area (Å²) in [7, 11) is 0. The summed E-state index contributed by atoms with van der Waals surface area (Å²) in [6.07, 6.45) is 6.37. The Kier molecular flexibility index (Phi) is 4.26. The normalized spacial score (nSPS) is 32.3. The second-order valence-corrected chi connectivity index (χ2v) is 4.23. The van der Waals surface area contributed by atoms with Crippen LogP contribution in [0.15, 0.2) is 0 Å². The molecule has 1 rings (SSSR count). The summed E-state index contributed by atoms with van der Waals surface area (Å²) < 4.78 is 5.24. The van der Waals surface area contributed by atoms with Gasteiger partial charge >= 0.3 is 5.97 Å². The van der Waals surface area contributed by atoms with Gasteiger partial charge in [0.05, 0.1) is 0 Å². The van der Waals surface area contributed by atoms with Gasteiger partial charge in [-0.25, -0.2) is 0 Å². The predicted octanol–water partition coefficient (Wildman–Crippen LogP) is 2.91. The Hall–Kier alpha value is -0.530. The molecule has 1 radical (unpaired) electrons. The number of carbonyl (C=O) groups is 1. The second-order valence-electron chi connectivity index (χ2n) is 4.23. The zero-order chi connectivity index (χ0) is 9.68. The minimum Gasteiger partial charge on any atom is -0.314 e. The molecule has 1 saturated heterocycles. The number of carbonyl (C=O) groups excluding carboxylic acids is 1. The van der Waals surface area contributed by atoms with Gasteiger partial charge in [0.2, 0.25) is 0 Å². The quantitative estimate of drug-likeness (QED) is 0.428. The van der Waals surface area contributed by atoms with Crippen LogP contribution in [-0.2, 0) is 9.53 Å². The zero-order valence-electron chi connectivity index (χ0n) is 8.71. The summed E-state index contributed by atoms with van der Waals surface area (Å²) in [5.74, 6) is 0.779. The van der Waals surface area contributed by atoms with Crippen LogP contribution in [0.25, 0.3) is 0 Å². The van der Waals surface area contributed by atoms with Gasteiger partial charge in [-0.1, -0.05) is 19.8 Å². The molecule has 2 heteroatoms. The first-order valence-corrected chi connectivity index (χ1v) is 5.38. The van der Waals surface area contributed by atoms with E-state index in [9.17, 15) is 4.79 Å². The topological polar surface area (TPSA) is 28.4 Å². The first-order chi connectivity index (χ1) is 6.18. The molecule has 0 amide bonds. The highest BCUT2D eigenvalue weighted by Gasteiger charge is 2.23. The van der Waals surface area contributed by atoms with Crippen LogP contribution in [0.5, 0.6) is 0 Å². The molecule has 75 valence electrons. The SMILES string of the molecule is CC1CCCCC(=O)[O+]C(C)CC1. The highest BCUT2D eigenvalue weighted by atomic mass is 16.5. The van der Waals surface area contributed by atoms with E-state index in [-0.39, 0.29) is 12.1 Å². The lowest BCUT2D eigenvalue weighted by molar-refractivity contribution is -0.149. The van der Waals surface area contributed by atoms with E-state index in [0.717, 1.165) is 18.8 Å². The van der Waals surface area contributed by atoms with Crippen molar-refractivity contribution in [2.24, 2.45) is 5.92 Å². The maximum atomic E-state index is 11.2. The molecule has 0 saturated carbocycles. The van der Waals surface area contributed by atoms with E-state index in [1.54, 1.807) is 0 Å². The maximum absolute atomic E-state index is 11.2. The molecule has 0 aromatic heterocycles. The molecule has 1 aliphatic rings. The Balaban J connectivity index is 2.37. The van der Waals surface area contributed by atoms with Gasteiger partial charge in [0, 0.05) is 11.2 Å². The molecule has 13 heavy (non-hydrogen) atoms. The van der Waals surface area contributed by atoms with Gasteiger partial charge in [-0.05, 0) is 25.7 Å². The summed E-state index contributed by atoms with van der Waals surface area (Å²) in [5.41, 5.74) is 0. The average molecular weight is 184 g/mol. The minimum absolute atomic E-state index is 0.0120. The number of hydrogen-bond acceptors (Lipinski definition) is 2. The van der Waals surface area contributed by atoms with Crippen LogP contribution >= 0.6 is 0 Å². The van der Waals surface area contributed by atoms with Gasteiger partial charge in [0.25, 0.3) is 0 Å². The fourth-order valence-electron chi connectivity index (χ4n) is 1.77. The van der Waals surface area contributed by atoms with Gasteiger partial charge in [0.15, 0.2) is 6.10 Å². The van der Waals surface area contributed by atoms with E-state index in [1.165, 1.54) is 19.3 Å². The van der Waals surface area contributed by atoms with Crippen LogP contribution in [0.1, 0.15) is 52.4 Å². The van der Waals surface area contributed by atoms with Gasteiger partial charge < -0.3 is 4.74 Å². The van der Waals surface area contributed by atoms with E-state index in [0.29, 0.717) is 6.42 Å². The van der Waals surface area contributed by atoms with E-state index in [1.807, 2.05) is 6.92 Å². The molecule has 0 aliphatic carbocycles. The first kappa shape index (κ1) is 10.6. The molecule has 2 unspecified atom stereocenters. The molecule has 1 fully saturated rings. The molecular formula is C11H20O2+. The third-order valence-electron chi connectivity index (χ3n) is 2.73. The van der Waals surface area contributed by atoms with Crippen LogP contribution in [0.2, 0.25) is 0 Å². The van der Waals surface area contributed by atoms with Crippen LogP contribution in [0.3, 0.4) is 0 Å². The molecule has 1 heterocycles. The maximum Gasteiger partial charge on any atom is 0.574 e. The van der Waals surface area contributed by atoms with Gasteiger partial charge in [-0.2, -0.15) is 0 Å². The standard InChI is InChI=1S/C11H20O2/c1-9-5-3-4-6-11(12)13-10(2)8-7-9/h9-10H,3-8H2,1-2H3/q+1. The molecule has 1 aliphatic heterocycles. The van der Waals surface area contributed by atoms with Crippen LogP contribution in [0, 0.1) is 5.92 Å². The van der Waals surface area contributed by atoms with Gasteiger partial charge in [-0.3, -0.25) is 0 Å². The highest BCUT2D eigenvalue weighted by Crippen LogP contribution is 2.19. The Morgan fingerprint density at radius 2 is 1.92 bits per heavy atom. The molecule has 0 bridgehead atoms. The van der Waals surface area contributed by atoms with E-state index < -0.39 is 0 Å². The highest BCUT2D eigenvalue weighted by molar-refractivity contribution is 5.69. The van der Waals surface area contributed by atoms with E-state index >= 15 is 0 Å². The summed E-state index contributed by atoms with van der Waals surface area (Å²) in [5, 5.41) is 0. The molecule has 0 spiro atoms. The van der Waals surface area contributed by atoms with Crippen LogP contribution < -0.4 is 0 Å². The van der Waals surface area contributed by atoms with Crippen molar-refractivity contribution < 1.29 is 9.53 Å². The Bertz CT molecular complexity index is 165. The van der Waals surface area contributed by atoms with Crippen molar-refractivity contribution in [1.29, 1.82) is 0 Å². The lowest BCUT2D eigenvalue weighted by Gasteiger charge is -2.13. The third-order valence-corrected chi connectivity index (χ3v) is 2.73. The van der Waals surface area contributed by atoms with Crippen molar-refractivity contribution in [3.8, 4) is 0 Å². The van der Waals surface area contributed by atoms with Gasteiger partial charge in [0.1, 0.15) is 6.42 Å². The molecule has 0 N–H and O–H groups in total. The summed E-state index contributed by atoms with van der Waals surface area (Å²) in [6, 6.07) is 0. The van der Waals surface area contributed by atoms with Crippen molar-refractivity contribution in [2.75, 3.05) is 0 Å². The molecule has 0 aromatic rings. The fourth-order valence-corrected chi connectivity index (χ4v) is 1.77. The van der Waals surface area contributed by atoms with Crippen molar-refractivity contribution in [3.05, 3.63) is 0 Å². The molecule has 2 atom stereocenters. The number of ether oxygens (including phenoxy) is 1. The van der Waals surface area contributed by atoms with Crippen molar-refractivity contribution >= 4 is 5.97 Å². The fraction of sp³-hybridized carbons (Fsp3) is 0.909. The molecular weight excluding hydrogens is 164 g/mol. The lowest BCUT2D eigenvalue weighted by Crippen LogP contribution is -2.17. The number of hydrogen-bond donors (Lipinski definition) is 0. The number of esters is 1. The van der Waals surface area contributed by atoms with Crippen molar-refractivity contribution in [1.82, 2.24) is 0 Å². The van der Waals surface area contributed by atoms with E-state index in [2.05, 4.69) is 6.92 Å². The van der Waals surface area contributed by atoms with Crippen LogP contribution in [0.4, 0.5) is 0 Å². The number of cyclic esters (lactones) is 1. The molecule has 2 nitrogen and oxygen atoms in total. The summed E-state index contributed by atoms with van der Waals surface area (Å²) in [6.45, 7) is 4.28. The van der Waals surface area contributed by atoms with Crippen molar-refractivity contribution in [2.45, 2.75) is 58.5 Å². The minimum atomic E-state index is -0.0120. The largest absolute Gasteiger partial charge is 0.574 e. The predicted molar refractivity (Wildman–Crippen MR) is 52.4 cm³/mol. The summed E-state index contributed by atoms with van der Waals surface area (Å²) >= 11 is 0. The van der Waals surface area contributed by atoms with Gasteiger partial charge in [-0.15, -0.1) is 0 Å². The second kappa shape index (κ2) is 5.25. The number of rotatable bonds is 0. The Morgan fingerprint density at radius 1 is 1.15 bits per heavy atom. The lowest BCUT2D eigenvalue weighted by atomic mass is 9.96. The average Bonchev–Trinajstić information content (AvgIpc) is 2.08. The zero-order valence-corrected chi connectivity index (χ0v) is 8.71. The van der Waals surface area contributed by atoms with E-state index in [4.69, 9.17) is 4.74 Å². The third kappa shape index (κ3) is 4.30.